The van der Waals surface area contributed by atoms with Crippen LogP contribution in [-0.4, -0.2) is 11.5 Å². The number of thiol groups is 2. The van der Waals surface area contributed by atoms with Crippen molar-refractivity contribution in [3.05, 3.63) is 11.6 Å². The molecule has 0 heterocycles. The van der Waals surface area contributed by atoms with Gasteiger partial charge in [0.25, 0.3) is 0 Å². The van der Waals surface area contributed by atoms with Gasteiger partial charge in [0, 0.05) is 0 Å². The van der Waals surface area contributed by atoms with E-state index in [4.69, 9.17) is 0 Å². The number of hydrogen-bond donors (Lipinski definition) is 2. The van der Waals surface area contributed by atoms with Crippen molar-refractivity contribution in [1.82, 2.24) is 0 Å². The Bertz CT molecular complexity index is 161. The summed E-state index contributed by atoms with van der Waals surface area (Å²) >= 11 is 8.61. The van der Waals surface area contributed by atoms with Gasteiger partial charge in [-0.05, 0) is 43.1 Å². The van der Waals surface area contributed by atoms with Crippen molar-refractivity contribution in [1.29, 1.82) is 0 Å². The minimum atomic E-state index is 0.860. The molecule has 0 bridgehead atoms. The van der Waals surface area contributed by atoms with Gasteiger partial charge >= 0.3 is 0 Å². The molecule has 0 unspecified atom stereocenters. The van der Waals surface area contributed by atoms with Gasteiger partial charge in [0.2, 0.25) is 0 Å². The summed E-state index contributed by atoms with van der Waals surface area (Å²) in [5, 5.41) is 0. The van der Waals surface area contributed by atoms with Gasteiger partial charge in [-0.2, -0.15) is 25.3 Å². The van der Waals surface area contributed by atoms with Crippen LogP contribution < -0.4 is 0 Å². The van der Waals surface area contributed by atoms with Gasteiger partial charge < -0.3 is 0 Å². The lowest BCUT2D eigenvalue weighted by Crippen LogP contribution is -2.04. The van der Waals surface area contributed by atoms with Crippen LogP contribution in [0, 0.1) is 5.92 Å². The van der Waals surface area contributed by atoms with Gasteiger partial charge in [-0.3, -0.25) is 0 Å². The van der Waals surface area contributed by atoms with Crippen LogP contribution in [0.4, 0.5) is 0 Å². The molecule has 0 saturated heterocycles. The van der Waals surface area contributed by atoms with Crippen molar-refractivity contribution >= 4 is 25.3 Å². The highest BCUT2D eigenvalue weighted by Crippen LogP contribution is 2.27. The monoisotopic (exact) mass is 230 g/mol. The second kappa shape index (κ2) is 7.70. The Morgan fingerprint density at radius 2 is 1.57 bits per heavy atom. The SMILES string of the molecule is SCCC(=CC1CCCCC1)CCS. The first-order valence-corrected chi connectivity index (χ1v) is 7.04. The van der Waals surface area contributed by atoms with Crippen LogP contribution in [0.25, 0.3) is 0 Å². The first-order chi connectivity index (χ1) is 6.86. The number of hydrogen-bond acceptors (Lipinski definition) is 2. The average molecular weight is 230 g/mol. The Kier molecular flexibility index (Phi) is 6.88. The molecular formula is C12H22S2. The lowest BCUT2D eigenvalue weighted by atomic mass is 9.87. The molecule has 1 aliphatic rings. The molecule has 0 atom stereocenters. The van der Waals surface area contributed by atoms with Crippen LogP contribution in [0.5, 0.6) is 0 Å². The maximum absolute atomic E-state index is 4.30. The fraction of sp³-hybridized carbons (Fsp3) is 0.833. The van der Waals surface area contributed by atoms with Gasteiger partial charge in [0.15, 0.2) is 0 Å². The summed E-state index contributed by atoms with van der Waals surface area (Å²) in [6.45, 7) is 0. The van der Waals surface area contributed by atoms with Crippen LogP contribution in [0.3, 0.4) is 0 Å². The normalized spacial score (nSPS) is 18.1. The maximum atomic E-state index is 4.30. The molecule has 0 aromatic carbocycles. The highest BCUT2D eigenvalue weighted by molar-refractivity contribution is 7.80. The van der Waals surface area contributed by atoms with Gasteiger partial charge in [-0.25, -0.2) is 0 Å². The van der Waals surface area contributed by atoms with Crippen molar-refractivity contribution in [2.75, 3.05) is 11.5 Å². The molecule has 0 N–H and O–H groups in total. The standard InChI is InChI=1S/C12H22S2/c13-8-6-12(7-9-14)10-11-4-2-1-3-5-11/h10-11,13-14H,1-9H2. The van der Waals surface area contributed by atoms with E-state index in [1.807, 2.05) is 0 Å². The highest BCUT2D eigenvalue weighted by atomic mass is 32.1. The minimum absolute atomic E-state index is 0.860. The van der Waals surface area contributed by atoms with E-state index in [9.17, 15) is 0 Å². The molecule has 2 heteroatoms. The van der Waals surface area contributed by atoms with Crippen molar-refractivity contribution in [3.8, 4) is 0 Å². The second-order valence-electron chi connectivity index (χ2n) is 4.17. The number of allylic oxidation sites excluding steroid dienone is 2. The summed E-state index contributed by atoms with van der Waals surface area (Å²) in [4.78, 5) is 0. The van der Waals surface area contributed by atoms with Gasteiger partial charge in [-0.1, -0.05) is 30.9 Å². The van der Waals surface area contributed by atoms with Crippen LogP contribution in [0.1, 0.15) is 44.9 Å². The van der Waals surface area contributed by atoms with E-state index in [1.54, 1.807) is 5.57 Å². The largest absolute Gasteiger partial charge is 0.179 e. The lowest BCUT2D eigenvalue weighted by Gasteiger charge is -2.19. The fourth-order valence-electron chi connectivity index (χ4n) is 2.21. The first-order valence-electron chi connectivity index (χ1n) is 5.78. The summed E-state index contributed by atoms with van der Waals surface area (Å²) in [6, 6.07) is 0. The zero-order valence-corrected chi connectivity index (χ0v) is 10.7. The predicted octanol–water partition coefficient (Wildman–Crippen LogP) is 4.13. The van der Waals surface area contributed by atoms with Crippen LogP contribution in [-0.2, 0) is 0 Å². The summed E-state index contributed by atoms with van der Waals surface area (Å²) in [6.07, 6.45) is 11.9. The first kappa shape index (κ1) is 12.5. The Balaban J connectivity index is 2.41. The maximum Gasteiger partial charge on any atom is -0.00606 e. The molecule has 1 saturated carbocycles. The molecule has 0 nitrogen and oxygen atoms in total. The zero-order valence-electron chi connectivity index (χ0n) is 8.91. The molecule has 0 aromatic heterocycles. The Labute approximate surface area is 99.4 Å². The second-order valence-corrected chi connectivity index (χ2v) is 5.06. The Morgan fingerprint density at radius 1 is 1.00 bits per heavy atom. The molecule has 0 amide bonds. The van der Waals surface area contributed by atoms with E-state index in [1.165, 1.54) is 32.1 Å². The van der Waals surface area contributed by atoms with Crippen molar-refractivity contribution in [3.63, 3.8) is 0 Å². The topological polar surface area (TPSA) is 0 Å². The van der Waals surface area contributed by atoms with E-state index in [-0.39, 0.29) is 0 Å². The van der Waals surface area contributed by atoms with Crippen LogP contribution in [0.15, 0.2) is 11.6 Å². The average Bonchev–Trinajstić information content (AvgIpc) is 2.20. The predicted molar refractivity (Wildman–Crippen MR) is 71.6 cm³/mol. The van der Waals surface area contributed by atoms with Gasteiger partial charge in [0.1, 0.15) is 0 Å². The zero-order chi connectivity index (χ0) is 10.2. The van der Waals surface area contributed by atoms with Gasteiger partial charge in [0.05, 0.1) is 0 Å². The van der Waals surface area contributed by atoms with E-state index >= 15 is 0 Å². The molecular weight excluding hydrogens is 208 g/mol. The van der Waals surface area contributed by atoms with E-state index < -0.39 is 0 Å². The molecule has 0 spiro atoms. The summed E-state index contributed by atoms with van der Waals surface area (Å²) in [5.41, 5.74) is 1.59. The Hall–Kier alpha value is 0.440. The van der Waals surface area contributed by atoms with E-state index in [0.717, 1.165) is 30.3 Å². The molecule has 1 rings (SSSR count). The molecule has 82 valence electrons. The number of rotatable bonds is 5. The summed E-state index contributed by atoms with van der Waals surface area (Å²) < 4.78 is 0. The minimum Gasteiger partial charge on any atom is -0.179 e. The lowest BCUT2D eigenvalue weighted by molar-refractivity contribution is 0.417. The van der Waals surface area contributed by atoms with E-state index in [0.29, 0.717) is 0 Å². The molecule has 0 aromatic rings. The molecule has 1 aliphatic carbocycles. The smallest absolute Gasteiger partial charge is 0.00606 e. The molecule has 1 fully saturated rings. The third kappa shape index (κ3) is 4.79. The van der Waals surface area contributed by atoms with Gasteiger partial charge in [-0.15, -0.1) is 0 Å². The quantitative estimate of drug-likeness (QED) is 0.515. The van der Waals surface area contributed by atoms with E-state index in [2.05, 4.69) is 31.3 Å². The van der Waals surface area contributed by atoms with Crippen molar-refractivity contribution in [2.45, 2.75) is 44.9 Å². The fourth-order valence-corrected chi connectivity index (χ4v) is 2.79. The third-order valence-electron chi connectivity index (χ3n) is 2.99. The highest BCUT2D eigenvalue weighted by Gasteiger charge is 2.11. The Morgan fingerprint density at radius 3 is 2.07 bits per heavy atom. The van der Waals surface area contributed by atoms with Crippen molar-refractivity contribution < 1.29 is 0 Å². The molecule has 0 aliphatic heterocycles. The molecule has 14 heavy (non-hydrogen) atoms. The van der Waals surface area contributed by atoms with Crippen LogP contribution in [0.2, 0.25) is 0 Å². The summed E-state index contributed by atoms with van der Waals surface area (Å²) in [7, 11) is 0. The third-order valence-corrected chi connectivity index (χ3v) is 3.43. The van der Waals surface area contributed by atoms with Crippen molar-refractivity contribution in [2.24, 2.45) is 5.92 Å². The van der Waals surface area contributed by atoms with Crippen LogP contribution >= 0.6 is 25.3 Å². The summed E-state index contributed by atoms with van der Waals surface area (Å²) in [5.74, 6) is 2.82. The molecule has 0 radical (unpaired) electrons.